The van der Waals surface area contributed by atoms with Gasteiger partial charge < -0.3 is 26.6 Å². The van der Waals surface area contributed by atoms with E-state index < -0.39 is 0 Å². The van der Waals surface area contributed by atoms with Crippen molar-refractivity contribution < 1.29 is 10.2 Å². The molecule has 0 unspecified atom stereocenters. The Morgan fingerprint density at radius 3 is 2.62 bits per heavy atom. The fraction of sp³-hybridized carbons (Fsp3) is 0.300. The minimum atomic E-state index is -0.235. The van der Waals surface area contributed by atoms with Gasteiger partial charge in [-0.1, -0.05) is 0 Å². The van der Waals surface area contributed by atoms with Crippen molar-refractivity contribution in [2.24, 2.45) is 5.73 Å². The van der Waals surface area contributed by atoms with Gasteiger partial charge in [-0.05, 0) is 18.2 Å². The molecule has 1 heterocycles. The zero-order chi connectivity index (χ0) is 20.5. The van der Waals surface area contributed by atoms with Crippen molar-refractivity contribution in [3.8, 4) is 5.75 Å². The highest BCUT2D eigenvalue weighted by molar-refractivity contribution is 6.23. The number of aromatic amines is 1. The Hall–Kier alpha value is -3.14. The predicted molar refractivity (Wildman–Crippen MR) is 114 cm³/mol. The maximum atomic E-state index is 12.9. The molecule has 0 aliphatic heterocycles. The second-order valence-electron chi connectivity index (χ2n) is 6.90. The summed E-state index contributed by atoms with van der Waals surface area (Å²) in [6.45, 7) is 2.33. The molecule has 0 bridgehead atoms. The van der Waals surface area contributed by atoms with Crippen LogP contribution in [0.15, 0.2) is 33.9 Å². The smallest absolute Gasteiger partial charge is 0.206 e. The largest absolute Gasteiger partial charge is 0.507 e. The molecule has 9 nitrogen and oxygen atoms in total. The van der Waals surface area contributed by atoms with Crippen molar-refractivity contribution in [3.05, 3.63) is 44.7 Å². The molecule has 0 aliphatic carbocycles. The van der Waals surface area contributed by atoms with E-state index in [-0.39, 0.29) is 23.2 Å². The highest BCUT2D eigenvalue weighted by Gasteiger charge is 2.20. The molecule has 4 rings (SSSR count). The Balaban J connectivity index is 2.05. The van der Waals surface area contributed by atoms with E-state index in [2.05, 4.69) is 15.7 Å². The number of fused-ring (bicyclic) bond motifs is 2. The van der Waals surface area contributed by atoms with Crippen LogP contribution in [0.3, 0.4) is 0 Å². The number of hydrogen-bond donors (Lipinski definition) is 6. The first-order valence-corrected chi connectivity index (χ1v) is 9.50. The van der Waals surface area contributed by atoms with Crippen molar-refractivity contribution in [3.63, 3.8) is 0 Å². The molecule has 0 saturated carbocycles. The molecular weight excluding hydrogens is 374 g/mol. The summed E-state index contributed by atoms with van der Waals surface area (Å²) in [5, 5.41) is 30.9. The van der Waals surface area contributed by atoms with E-state index in [0.29, 0.717) is 65.6 Å². The minimum absolute atomic E-state index is 0.000127. The zero-order valence-corrected chi connectivity index (χ0v) is 15.8. The second kappa shape index (κ2) is 7.70. The molecule has 0 saturated heterocycles. The van der Waals surface area contributed by atoms with Crippen LogP contribution >= 0.6 is 0 Å². The summed E-state index contributed by atoms with van der Waals surface area (Å²) in [5.74, 6) is 0.000127. The minimum Gasteiger partial charge on any atom is -0.507 e. The molecule has 3 aromatic carbocycles. The SMILES string of the molecule is NCCNc1cc(=O)c2c3c1cc1c(O)ccc(=O)c1c3[nH]n2CCNCCO. The van der Waals surface area contributed by atoms with E-state index in [0.717, 1.165) is 5.39 Å². The zero-order valence-electron chi connectivity index (χ0n) is 15.8. The second-order valence-corrected chi connectivity index (χ2v) is 6.90. The van der Waals surface area contributed by atoms with E-state index in [1.807, 2.05) is 0 Å². The molecule has 1 aromatic heterocycles. The molecule has 0 aliphatic rings. The number of rotatable bonds is 8. The Bertz CT molecular complexity index is 1290. The van der Waals surface area contributed by atoms with Crippen LogP contribution in [0.25, 0.3) is 32.6 Å². The maximum Gasteiger partial charge on any atom is 0.206 e. The molecular formula is C20H23N5O4. The number of aromatic nitrogens is 2. The van der Waals surface area contributed by atoms with E-state index in [1.165, 1.54) is 18.2 Å². The van der Waals surface area contributed by atoms with Crippen LogP contribution in [0.1, 0.15) is 0 Å². The van der Waals surface area contributed by atoms with E-state index >= 15 is 0 Å². The van der Waals surface area contributed by atoms with Crippen LogP contribution in [0, 0.1) is 0 Å². The molecule has 0 atom stereocenters. The predicted octanol–water partition coefficient (Wildman–Crippen LogP) is 0.0921. The van der Waals surface area contributed by atoms with Gasteiger partial charge in [0, 0.05) is 54.1 Å². The molecule has 0 spiro atoms. The first-order chi connectivity index (χ1) is 14.1. The molecule has 7 N–H and O–H groups in total. The van der Waals surface area contributed by atoms with Gasteiger partial charge >= 0.3 is 0 Å². The van der Waals surface area contributed by atoms with Crippen LogP contribution in [-0.2, 0) is 6.54 Å². The fourth-order valence-electron chi connectivity index (χ4n) is 3.81. The topological polar surface area (TPSA) is 145 Å². The van der Waals surface area contributed by atoms with Crippen molar-refractivity contribution in [2.45, 2.75) is 6.54 Å². The average molecular weight is 397 g/mol. The van der Waals surface area contributed by atoms with Gasteiger partial charge in [0.15, 0.2) is 5.43 Å². The number of aliphatic hydroxyl groups is 1. The molecule has 0 radical (unpaired) electrons. The van der Waals surface area contributed by atoms with Crippen LogP contribution in [0.2, 0.25) is 0 Å². The Morgan fingerprint density at radius 1 is 1.03 bits per heavy atom. The summed E-state index contributed by atoms with van der Waals surface area (Å²) < 4.78 is 1.71. The maximum absolute atomic E-state index is 12.9. The monoisotopic (exact) mass is 397 g/mol. The summed E-state index contributed by atoms with van der Waals surface area (Å²) in [4.78, 5) is 25.5. The number of aliphatic hydroxyl groups excluding tert-OH is 1. The summed E-state index contributed by atoms with van der Waals surface area (Å²) in [6, 6.07) is 5.95. The third kappa shape index (κ3) is 3.19. The number of nitrogens with zero attached hydrogens (tertiary/aromatic N) is 1. The summed E-state index contributed by atoms with van der Waals surface area (Å²) in [5.41, 5.74) is 6.77. The van der Waals surface area contributed by atoms with Gasteiger partial charge in [0.2, 0.25) is 5.43 Å². The third-order valence-corrected chi connectivity index (χ3v) is 5.06. The number of nitrogens with two attached hydrogens (primary N) is 1. The Kier molecular flexibility index (Phi) is 5.10. The van der Waals surface area contributed by atoms with Gasteiger partial charge in [-0.2, -0.15) is 0 Å². The summed E-state index contributed by atoms with van der Waals surface area (Å²) in [6.07, 6.45) is 0. The number of phenolic OH excluding ortho intramolecular Hbond substituents is 1. The quantitative estimate of drug-likeness (QED) is 0.183. The lowest BCUT2D eigenvalue weighted by Gasteiger charge is -2.11. The molecule has 152 valence electrons. The Morgan fingerprint density at radius 2 is 1.86 bits per heavy atom. The normalized spacial score (nSPS) is 11.8. The summed E-state index contributed by atoms with van der Waals surface area (Å²) in [7, 11) is 0. The number of benzene rings is 3. The standard InChI is InChI=1S/C20H23N5O4/c21-3-4-23-13-10-16(29)20-18-11(13)9-12-14(27)1-2-15(28)17(12)19(18)24-25(20)7-5-22-6-8-26/h1-2,9-10,22-24,26-27H,3-8,21H2. The number of aromatic hydroxyl groups is 1. The lowest BCUT2D eigenvalue weighted by Crippen LogP contribution is -2.24. The van der Waals surface area contributed by atoms with Crippen molar-refractivity contribution >= 4 is 38.3 Å². The van der Waals surface area contributed by atoms with Crippen molar-refractivity contribution in [1.29, 1.82) is 0 Å². The molecule has 9 heteroatoms. The highest BCUT2D eigenvalue weighted by atomic mass is 16.3. The van der Waals surface area contributed by atoms with Crippen LogP contribution < -0.4 is 27.2 Å². The fourth-order valence-corrected chi connectivity index (χ4v) is 3.81. The molecule has 0 amide bonds. The highest BCUT2D eigenvalue weighted by Crippen LogP contribution is 2.36. The van der Waals surface area contributed by atoms with Gasteiger partial charge in [0.1, 0.15) is 11.3 Å². The van der Waals surface area contributed by atoms with Crippen LogP contribution in [-0.4, -0.2) is 52.8 Å². The van der Waals surface area contributed by atoms with E-state index in [4.69, 9.17) is 10.8 Å². The number of phenols is 1. The number of H-pyrrole nitrogens is 1. The van der Waals surface area contributed by atoms with Gasteiger partial charge in [-0.3, -0.25) is 19.4 Å². The molecule has 29 heavy (non-hydrogen) atoms. The van der Waals surface area contributed by atoms with Gasteiger partial charge in [-0.25, -0.2) is 0 Å². The lowest BCUT2D eigenvalue weighted by atomic mass is 9.99. The number of hydrogen-bond acceptors (Lipinski definition) is 7. The van der Waals surface area contributed by atoms with Crippen LogP contribution in [0.5, 0.6) is 5.75 Å². The number of anilines is 1. The van der Waals surface area contributed by atoms with Gasteiger partial charge in [0.25, 0.3) is 0 Å². The van der Waals surface area contributed by atoms with Crippen molar-refractivity contribution in [2.75, 3.05) is 38.1 Å². The van der Waals surface area contributed by atoms with Crippen molar-refractivity contribution in [1.82, 2.24) is 15.1 Å². The molecule has 4 aromatic rings. The lowest BCUT2D eigenvalue weighted by molar-refractivity contribution is 0.291. The molecule has 0 fully saturated rings. The van der Waals surface area contributed by atoms with E-state index in [9.17, 15) is 14.7 Å². The first-order valence-electron chi connectivity index (χ1n) is 9.50. The summed E-state index contributed by atoms with van der Waals surface area (Å²) >= 11 is 0. The van der Waals surface area contributed by atoms with Gasteiger partial charge in [-0.15, -0.1) is 0 Å². The van der Waals surface area contributed by atoms with Crippen LogP contribution in [0.4, 0.5) is 5.69 Å². The first kappa shape index (κ1) is 19.2. The van der Waals surface area contributed by atoms with Gasteiger partial charge in [0.05, 0.1) is 24.1 Å². The average Bonchev–Trinajstić information content (AvgIpc) is 3.09. The van der Waals surface area contributed by atoms with E-state index in [1.54, 1.807) is 10.7 Å². The Labute approximate surface area is 165 Å². The number of nitrogens with one attached hydrogen (secondary N) is 3. The third-order valence-electron chi connectivity index (χ3n) is 5.06.